The molecule has 39 heavy (non-hydrogen) atoms. The van der Waals surface area contributed by atoms with Crippen LogP contribution in [0.3, 0.4) is 0 Å². The lowest BCUT2D eigenvalue weighted by molar-refractivity contribution is -0.157. The summed E-state index contributed by atoms with van der Waals surface area (Å²) in [5.41, 5.74) is -1.07. The fourth-order valence-electron chi connectivity index (χ4n) is 6.08. The first-order valence-electron chi connectivity index (χ1n) is 13.1. The van der Waals surface area contributed by atoms with E-state index in [1.165, 1.54) is 46.1 Å². The van der Waals surface area contributed by atoms with Gasteiger partial charge < -0.3 is 15.3 Å². The maximum absolute atomic E-state index is 13.9. The molecule has 2 aliphatic rings. The molecule has 10 heteroatoms. The van der Waals surface area contributed by atoms with Crippen molar-refractivity contribution in [3.05, 3.63) is 89.0 Å². The van der Waals surface area contributed by atoms with Crippen LogP contribution in [0.25, 0.3) is 11.3 Å². The number of nitrogens with one attached hydrogen (secondary N) is 1. The summed E-state index contributed by atoms with van der Waals surface area (Å²) >= 11 is 0. The first-order valence-corrected chi connectivity index (χ1v) is 13.1. The van der Waals surface area contributed by atoms with Crippen molar-refractivity contribution in [1.82, 2.24) is 19.8 Å². The van der Waals surface area contributed by atoms with E-state index in [1.807, 2.05) is 30.3 Å². The topological polar surface area (TPSA) is 87.5 Å². The van der Waals surface area contributed by atoms with Crippen LogP contribution in [0.2, 0.25) is 0 Å². The van der Waals surface area contributed by atoms with Crippen LogP contribution in [0.1, 0.15) is 43.7 Å². The van der Waals surface area contributed by atoms with Crippen molar-refractivity contribution in [2.24, 2.45) is 5.41 Å². The summed E-state index contributed by atoms with van der Waals surface area (Å²) in [4.78, 5) is 31.9. The molecule has 7 nitrogen and oxygen atoms in total. The molecular weight excluding hydrogens is 509 g/mol. The maximum Gasteiger partial charge on any atom is 0.412 e. The van der Waals surface area contributed by atoms with Gasteiger partial charge in [0.1, 0.15) is 0 Å². The number of piperidine rings is 1. The molecular formula is C29H31F3N4O3. The van der Waals surface area contributed by atoms with E-state index in [0.29, 0.717) is 18.5 Å². The third-order valence-corrected chi connectivity index (χ3v) is 8.23. The Morgan fingerprint density at radius 1 is 1.03 bits per heavy atom. The second-order valence-electron chi connectivity index (χ2n) is 10.6. The average Bonchev–Trinajstić information content (AvgIpc) is 3.40. The molecule has 2 amide bonds. The van der Waals surface area contributed by atoms with Crippen LogP contribution in [0.15, 0.2) is 77.9 Å². The van der Waals surface area contributed by atoms with E-state index < -0.39 is 29.3 Å². The van der Waals surface area contributed by atoms with E-state index in [4.69, 9.17) is 0 Å². The second-order valence-corrected chi connectivity index (χ2v) is 10.6. The van der Waals surface area contributed by atoms with Gasteiger partial charge in [0.05, 0.1) is 24.2 Å². The number of aromatic nitrogens is 2. The minimum atomic E-state index is -4.67. The Hall–Kier alpha value is -3.66. The SMILES string of the molecule is O=C(N[C@H](c1ccccc1)C(F)(F)F)N1CCC(O)(Cn2cnc(-c3ccccc3)cc2=O)C2(CCCC2)C1. The zero-order chi connectivity index (χ0) is 27.7. The minimum Gasteiger partial charge on any atom is -0.387 e. The molecule has 1 unspecified atom stereocenters. The first-order chi connectivity index (χ1) is 18.6. The summed E-state index contributed by atoms with van der Waals surface area (Å²) in [5.74, 6) is 0. The fraction of sp³-hybridized carbons (Fsp3) is 0.414. The molecule has 2 fully saturated rings. The van der Waals surface area contributed by atoms with E-state index in [0.717, 1.165) is 18.4 Å². The number of rotatable bonds is 5. The smallest absolute Gasteiger partial charge is 0.387 e. The highest BCUT2D eigenvalue weighted by Crippen LogP contribution is 2.51. The van der Waals surface area contributed by atoms with E-state index in [2.05, 4.69) is 10.3 Å². The zero-order valence-corrected chi connectivity index (χ0v) is 21.4. The fourth-order valence-corrected chi connectivity index (χ4v) is 6.08. The number of halogens is 3. The number of nitrogens with zero attached hydrogens (tertiary/aromatic N) is 3. The Morgan fingerprint density at radius 2 is 1.67 bits per heavy atom. The van der Waals surface area contributed by atoms with Crippen molar-refractivity contribution in [3.8, 4) is 11.3 Å². The van der Waals surface area contributed by atoms with Crippen LogP contribution >= 0.6 is 0 Å². The second kappa shape index (κ2) is 10.5. The predicted octanol–water partition coefficient (Wildman–Crippen LogP) is 4.92. The highest BCUT2D eigenvalue weighted by atomic mass is 19.4. The molecule has 0 radical (unpaired) electrons. The monoisotopic (exact) mass is 540 g/mol. The number of benzene rings is 2. The van der Waals surface area contributed by atoms with Crippen molar-refractivity contribution in [3.63, 3.8) is 0 Å². The summed E-state index contributed by atoms with van der Waals surface area (Å²) in [6, 6.07) is 15.1. The van der Waals surface area contributed by atoms with Crippen molar-refractivity contribution in [1.29, 1.82) is 0 Å². The molecule has 2 heterocycles. The highest BCUT2D eigenvalue weighted by Gasteiger charge is 2.56. The van der Waals surface area contributed by atoms with Crippen LogP contribution < -0.4 is 10.9 Å². The minimum absolute atomic E-state index is 0.00143. The quantitative estimate of drug-likeness (QED) is 0.481. The van der Waals surface area contributed by atoms with Gasteiger partial charge in [0.15, 0.2) is 6.04 Å². The van der Waals surface area contributed by atoms with Crippen LogP contribution in [0, 0.1) is 5.41 Å². The van der Waals surface area contributed by atoms with Gasteiger partial charge in [-0.15, -0.1) is 0 Å². The summed E-state index contributed by atoms with van der Waals surface area (Å²) < 4.78 is 43.0. The average molecular weight is 541 g/mol. The molecule has 5 rings (SSSR count). The van der Waals surface area contributed by atoms with Crippen molar-refractivity contribution < 1.29 is 23.1 Å². The van der Waals surface area contributed by atoms with Gasteiger partial charge in [-0.05, 0) is 24.8 Å². The zero-order valence-electron chi connectivity index (χ0n) is 21.4. The Labute approximate surface area is 224 Å². The molecule has 1 aliphatic heterocycles. The van der Waals surface area contributed by atoms with Crippen molar-refractivity contribution in [2.75, 3.05) is 13.1 Å². The Bertz CT molecular complexity index is 1360. The number of carbonyl (C=O) groups excluding carboxylic acids is 1. The van der Waals surface area contributed by atoms with Gasteiger partial charge in [0.2, 0.25) is 0 Å². The van der Waals surface area contributed by atoms with Crippen molar-refractivity contribution in [2.45, 2.75) is 56.5 Å². The number of carbonyl (C=O) groups is 1. The number of hydrogen-bond donors (Lipinski definition) is 2. The highest BCUT2D eigenvalue weighted by molar-refractivity contribution is 5.75. The lowest BCUT2D eigenvalue weighted by atomic mass is 9.66. The molecule has 1 aliphatic carbocycles. The molecule has 206 valence electrons. The Balaban J connectivity index is 1.35. The van der Waals surface area contributed by atoms with Crippen LogP contribution in [0.5, 0.6) is 0 Å². The third kappa shape index (κ3) is 5.43. The number of alkyl halides is 3. The van der Waals surface area contributed by atoms with Gasteiger partial charge in [0.25, 0.3) is 5.56 Å². The van der Waals surface area contributed by atoms with E-state index in [1.54, 1.807) is 6.07 Å². The Kier molecular flexibility index (Phi) is 7.24. The lowest BCUT2D eigenvalue weighted by Gasteiger charge is -2.52. The third-order valence-electron chi connectivity index (χ3n) is 8.23. The first kappa shape index (κ1) is 26.9. The van der Waals surface area contributed by atoms with E-state index in [9.17, 15) is 27.9 Å². The van der Waals surface area contributed by atoms with Gasteiger partial charge in [-0.1, -0.05) is 73.5 Å². The molecule has 0 bridgehead atoms. The van der Waals surface area contributed by atoms with E-state index >= 15 is 0 Å². The number of hydrogen-bond acceptors (Lipinski definition) is 4. The summed E-state index contributed by atoms with van der Waals surface area (Å²) in [7, 11) is 0. The standard InChI is InChI=1S/C29H31F3N4O3/c30-29(31,32)25(22-11-5-2-6-12-22)34-26(38)35-16-15-28(39,27(18-35)13-7-8-14-27)19-36-20-33-23(17-24(36)37)21-9-3-1-4-10-21/h1-6,9-12,17,20,25,39H,7-8,13-16,18-19H2,(H,34,38)/t25-,28?/m1/s1. The molecule has 3 aromatic rings. The number of amides is 2. The van der Waals surface area contributed by atoms with Crippen LogP contribution in [0.4, 0.5) is 18.0 Å². The van der Waals surface area contributed by atoms with Crippen LogP contribution in [-0.4, -0.2) is 50.5 Å². The molecule has 1 spiro atoms. The molecule has 1 saturated carbocycles. The molecule has 1 aromatic heterocycles. The van der Waals surface area contributed by atoms with Crippen molar-refractivity contribution >= 4 is 6.03 Å². The predicted molar refractivity (Wildman–Crippen MR) is 140 cm³/mol. The maximum atomic E-state index is 13.9. The van der Waals surface area contributed by atoms with Gasteiger partial charge in [-0.2, -0.15) is 13.2 Å². The van der Waals surface area contributed by atoms with Crippen LogP contribution in [-0.2, 0) is 6.54 Å². The lowest BCUT2D eigenvalue weighted by Crippen LogP contribution is -2.63. The summed E-state index contributed by atoms with van der Waals surface area (Å²) in [6.45, 7) is 0.172. The number of urea groups is 1. The normalized spacial score (nSPS) is 21.6. The summed E-state index contributed by atoms with van der Waals surface area (Å²) in [5, 5.41) is 14.1. The number of likely N-dealkylation sites (tertiary alicyclic amines) is 1. The largest absolute Gasteiger partial charge is 0.412 e. The number of aliphatic hydroxyl groups is 1. The van der Waals surface area contributed by atoms with E-state index in [-0.39, 0.29) is 37.2 Å². The van der Waals surface area contributed by atoms with Gasteiger partial charge >= 0.3 is 12.2 Å². The molecule has 2 N–H and O–H groups in total. The molecule has 1 saturated heterocycles. The van der Waals surface area contributed by atoms with Gasteiger partial charge in [-0.3, -0.25) is 9.36 Å². The summed E-state index contributed by atoms with van der Waals surface area (Å²) in [6.07, 6.45) is -0.232. The van der Waals surface area contributed by atoms with Gasteiger partial charge in [-0.25, -0.2) is 9.78 Å². The van der Waals surface area contributed by atoms with Gasteiger partial charge in [0, 0.05) is 30.1 Å². The molecule has 2 aromatic carbocycles. The molecule has 2 atom stereocenters. The Morgan fingerprint density at radius 3 is 2.28 bits per heavy atom.